The van der Waals surface area contributed by atoms with Crippen LogP contribution in [0.25, 0.3) is 11.0 Å². The average Bonchev–Trinajstić information content (AvgIpc) is 3.32. The van der Waals surface area contributed by atoms with Gasteiger partial charge in [0.25, 0.3) is 0 Å². The zero-order valence-corrected chi connectivity index (χ0v) is 16.4. The Hall–Kier alpha value is -2.04. The van der Waals surface area contributed by atoms with Crippen LogP contribution in [0.5, 0.6) is 5.75 Å². The highest BCUT2D eigenvalue weighted by atomic mass is 35.5. The molecule has 0 radical (unpaired) electrons. The second-order valence-electron chi connectivity index (χ2n) is 7.12. The van der Waals surface area contributed by atoms with Crippen molar-refractivity contribution in [1.82, 2.24) is 14.5 Å². The van der Waals surface area contributed by atoms with Crippen LogP contribution in [-0.2, 0) is 13.0 Å². The second kappa shape index (κ2) is 8.77. The van der Waals surface area contributed by atoms with Crippen LogP contribution in [0.15, 0.2) is 48.5 Å². The van der Waals surface area contributed by atoms with Crippen LogP contribution in [0.3, 0.4) is 0 Å². The molecule has 1 fully saturated rings. The summed E-state index contributed by atoms with van der Waals surface area (Å²) in [6, 6.07) is 15.9. The van der Waals surface area contributed by atoms with Gasteiger partial charge in [-0.3, -0.25) is 0 Å². The highest BCUT2D eigenvalue weighted by Crippen LogP contribution is 2.19. The first-order chi connectivity index (χ1) is 13.3. The molecule has 0 aliphatic carbocycles. The normalized spacial score (nSPS) is 14.9. The number of benzene rings is 2. The number of aromatic nitrogens is 2. The number of ether oxygens (including phenoxy) is 1. The number of rotatable bonds is 8. The topological polar surface area (TPSA) is 30.3 Å². The molecule has 1 aromatic heterocycles. The van der Waals surface area contributed by atoms with E-state index in [1.165, 1.54) is 38.0 Å². The van der Waals surface area contributed by atoms with Crippen LogP contribution in [0.2, 0.25) is 5.02 Å². The Morgan fingerprint density at radius 1 is 0.963 bits per heavy atom. The minimum absolute atomic E-state index is 0.612. The van der Waals surface area contributed by atoms with E-state index in [4.69, 9.17) is 21.3 Å². The molecule has 0 unspecified atom stereocenters. The summed E-state index contributed by atoms with van der Waals surface area (Å²) >= 11 is 5.94. The lowest BCUT2D eigenvalue weighted by Crippen LogP contribution is -2.21. The number of aryl methyl sites for hydroxylation is 1. The fourth-order valence-corrected chi connectivity index (χ4v) is 3.94. The lowest BCUT2D eigenvalue weighted by Gasteiger charge is -2.15. The fraction of sp³-hybridized carbons (Fsp3) is 0.409. The number of fused-ring (bicyclic) bond motifs is 1. The molecule has 27 heavy (non-hydrogen) atoms. The van der Waals surface area contributed by atoms with Gasteiger partial charge in [-0.25, -0.2) is 4.98 Å². The van der Waals surface area contributed by atoms with Gasteiger partial charge in [0.2, 0.25) is 0 Å². The molecular weight excluding hydrogens is 358 g/mol. The molecule has 0 amide bonds. The number of hydrogen-bond acceptors (Lipinski definition) is 3. The first-order valence-electron chi connectivity index (χ1n) is 9.84. The number of imidazole rings is 1. The predicted molar refractivity (Wildman–Crippen MR) is 111 cm³/mol. The van der Waals surface area contributed by atoms with Crippen molar-refractivity contribution in [3.05, 3.63) is 59.4 Å². The first kappa shape index (κ1) is 18.3. The zero-order valence-electron chi connectivity index (χ0n) is 15.6. The minimum Gasteiger partial charge on any atom is -0.492 e. The lowest BCUT2D eigenvalue weighted by molar-refractivity contribution is 0.297. The van der Waals surface area contributed by atoms with Gasteiger partial charge in [-0.1, -0.05) is 23.7 Å². The van der Waals surface area contributed by atoms with Gasteiger partial charge in [0.15, 0.2) is 0 Å². The molecule has 0 N–H and O–H groups in total. The van der Waals surface area contributed by atoms with E-state index in [0.717, 1.165) is 41.5 Å². The number of likely N-dealkylation sites (tertiary alicyclic amines) is 1. The molecule has 0 bridgehead atoms. The monoisotopic (exact) mass is 383 g/mol. The molecule has 142 valence electrons. The highest BCUT2D eigenvalue weighted by molar-refractivity contribution is 6.30. The molecule has 3 aromatic rings. The Morgan fingerprint density at radius 3 is 2.56 bits per heavy atom. The van der Waals surface area contributed by atoms with Crippen molar-refractivity contribution >= 4 is 22.6 Å². The van der Waals surface area contributed by atoms with E-state index in [9.17, 15) is 0 Å². The lowest BCUT2D eigenvalue weighted by atomic mass is 10.2. The van der Waals surface area contributed by atoms with E-state index in [1.807, 2.05) is 24.3 Å². The molecule has 1 aliphatic heterocycles. The van der Waals surface area contributed by atoms with Crippen LogP contribution >= 0.6 is 11.6 Å². The van der Waals surface area contributed by atoms with Gasteiger partial charge < -0.3 is 14.2 Å². The quantitative estimate of drug-likeness (QED) is 0.559. The summed E-state index contributed by atoms with van der Waals surface area (Å²) in [5, 5.41) is 0.725. The molecule has 0 atom stereocenters. The number of nitrogens with zero attached hydrogens (tertiary/aromatic N) is 3. The first-order valence-corrected chi connectivity index (χ1v) is 10.2. The largest absolute Gasteiger partial charge is 0.492 e. The second-order valence-corrected chi connectivity index (χ2v) is 7.56. The Kier molecular flexibility index (Phi) is 5.95. The Morgan fingerprint density at radius 2 is 1.74 bits per heavy atom. The molecule has 5 heteroatoms. The van der Waals surface area contributed by atoms with Crippen LogP contribution in [0.1, 0.15) is 25.1 Å². The summed E-state index contributed by atoms with van der Waals surface area (Å²) in [5.41, 5.74) is 2.26. The van der Waals surface area contributed by atoms with Crippen molar-refractivity contribution in [3.8, 4) is 5.75 Å². The highest BCUT2D eigenvalue weighted by Gasteiger charge is 2.13. The van der Waals surface area contributed by atoms with Gasteiger partial charge in [-0.2, -0.15) is 0 Å². The van der Waals surface area contributed by atoms with Crippen molar-refractivity contribution in [1.29, 1.82) is 0 Å². The van der Waals surface area contributed by atoms with Crippen molar-refractivity contribution in [3.63, 3.8) is 0 Å². The van der Waals surface area contributed by atoms with E-state index in [0.29, 0.717) is 6.61 Å². The SMILES string of the molecule is Clc1ccc(OCCn2c(CCCN3CCCC3)nc3ccccc32)cc1. The van der Waals surface area contributed by atoms with E-state index in [1.54, 1.807) is 0 Å². The number of para-hydroxylation sites is 2. The summed E-state index contributed by atoms with van der Waals surface area (Å²) in [4.78, 5) is 7.45. The van der Waals surface area contributed by atoms with Crippen molar-refractivity contribution in [2.24, 2.45) is 0 Å². The maximum atomic E-state index is 5.94. The minimum atomic E-state index is 0.612. The van der Waals surface area contributed by atoms with Crippen LogP contribution in [0.4, 0.5) is 0 Å². The third kappa shape index (κ3) is 4.63. The van der Waals surface area contributed by atoms with E-state index in [-0.39, 0.29) is 0 Å². The molecular formula is C22H26ClN3O. The van der Waals surface area contributed by atoms with Gasteiger partial charge >= 0.3 is 0 Å². The van der Waals surface area contributed by atoms with Crippen molar-refractivity contribution in [2.45, 2.75) is 32.2 Å². The Bertz CT molecular complexity index is 869. The molecule has 0 saturated carbocycles. The van der Waals surface area contributed by atoms with Crippen molar-refractivity contribution < 1.29 is 4.74 Å². The summed E-state index contributed by atoms with van der Waals surface area (Å²) in [6.07, 6.45) is 4.86. The fourth-order valence-electron chi connectivity index (χ4n) is 3.82. The van der Waals surface area contributed by atoms with E-state index >= 15 is 0 Å². The van der Waals surface area contributed by atoms with E-state index < -0.39 is 0 Å². The van der Waals surface area contributed by atoms with Gasteiger partial charge in [-0.05, 0) is 75.3 Å². The number of hydrogen-bond donors (Lipinski definition) is 0. The van der Waals surface area contributed by atoms with E-state index in [2.05, 4.69) is 33.7 Å². The van der Waals surface area contributed by atoms with Gasteiger partial charge in [0, 0.05) is 11.4 Å². The Labute approximate surface area is 165 Å². The summed E-state index contributed by atoms with van der Waals surface area (Å²) in [7, 11) is 0. The van der Waals surface area contributed by atoms with Crippen LogP contribution in [-0.4, -0.2) is 40.7 Å². The summed E-state index contributed by atoms with van der Waals surface area (Å²) in [5.74, 6) is 2.01. The maximum Gasteiger partial charge on any atom is 0.119 e. The molecule has 1 aliphatic rings. The Balaban J connectivity index is 1.41. The summed E-state index contributed by atoms with van der Waals surface area (Å²) in [6.45, 7) is 5.09. The summed E-state index contributed by atoms with van der Waals surface area (Å²) < 4.78 is 8.22. The molecule has 4 nitrogen and oxygen atoms in total. The van der Waals surface area contributed by atoms with Crippen LogP contribution < -0.4 is 4.74 Å². The predicted octanol–water partition coefficient (Wildman–Crippen LogP) is 4.80. The average molecular weight is 384 g/mol. The standard InChI is InChI=1S/C22H26ClN3O/c23-18-9-11-19(12-10-18)27-17-16-26-21-7-2-1-6-20(21)24-22(26)8-5-15-25-13-3-4-14-25/h1-2,6-7,9-12H,3-5,8,13-17H2. The molecule has 4 rings (SSSR count). The van der Waals surface area contributed by atoms with Gasteiger partial charge in [0.05, 0.1) is 17.6 Å². The molecule has 0 spiro atoms. The van der Waals surface area contributed by atoms with Crippen LogP contribution in [0, 0.1) is 0 Å². The third-order valence-corrected chi connectivity index (χ3v) is 5.46. The molecule has 2 aromatic carbocycles. The van der Waals surface area contributed by atoms with Gasteiger partial charge in [0.1, 0.15) is 18.2 Å². The molecule has 2 heterocycles. The number of halogens is 1. The zero-order chi connectivity index (χ0) is 18.5. The smallest absolute Gasteiger partial charge is 0.119 e. The van der Waals surface area contributed by atoms with Gasteiger partial charge in [-0.15, -0.1) is 0 Å². The molecule has 1 saturated heterocycles. The maximum absolute atomic E-state index is 5.94. The third-order valence-electron chi connectivity index (χ3n) is 5.20. The van der Waals surface area contributed by atoms with Crippen molar-refractivity contribution in [2.75, 3.05) is 26.2 Å².